The molecule has 0 spiro atoms. The maximum absolute atomic E-state index is 13.9. The molecule has 4 aliphatic rings. The number of nitrogens with zero attached hydrogens (tertiary/aromatic N) is 5. The quantitative estimate of drug-likeness (QED) is 0.516. The molecular formula is C31H45N7O5. The van der Waals surface area contributed by atoms with Crippen molar-refractivity contribution in [3.63, 3.8) is 0 Å². The lowest BCUT2D eigenvalue weighted by atomic mass is 9.90. The summed E-state index contributed by atoms with van der Waals surface area (Å²) in [6.07, 6.45) is 6.13. The Balaban J connectivity index is 1.33. The van der Waals surface area contributed by atoms with Crippen molar-refractivity contribution in [2.45, 2.75) is 65.1 Å². The fourth-order valence-corrected chi connectivity index (χ4v) is 6.12. The molecule has 2 aromatic heterocycles. The number of amides is 3. The van der Waals surface area contributed by atoms with Crippen LogP contribution in [0.1, 0.15) is 62.8 Å². The highest BCUT2D eigenvalue weighted by molar-refractivity contribution is 5.92. The van der Waals surface area contributed by atoms with Gasteiger partial charge in [0.05, 0.1) is 25.8 Å². The van der Waals surface area contributed by atoms with Gasteiger partial charge < -0.3 is 29.6 Å². The number of nitrogens with one attached hydrogen (secondary N) is 2. The molecule has 0 unspecified atom stereocenters. The van der Waals surface area contributed by atoms with E-state index in [2.05, 4.69) is 45.9 Å². The molecule has 6 heterocycles. The van der Waals surface area contributed by atoms with Crippen molar-refractivity contribution < 1.29 is 23.9 Å². The second-order valence-electron chi connectivity index (χ2n) is 13.1. The highest BCUT2D eigenvalue weighted by Crippen LogP contribution is 2.27. The van der Waals surface area contributed by atoms with Gasteiger partial charge in [0.1, 0.15) is 18.1 Å². The Hall–Kier alpha value is -3.51. The van der Waals surface area contributed by atoms with Gasteiger partial charge >= 0.3 is 0 Å². The van der Waals surface area contributed by atoms with Crippen LogP contribution in [-0.4, -0.2) is 112 Å². The predicted octanol–water partition coefficient (Wildman–Crippen LogP) is 2.09. The number of carbonyl (C=O) groups is 3. The number of piperidine rings is 1. The highest BCUT2D eigenvalue weighted by Gasteiger charge is 2.41. The molecule has 2 saturated heterocycles. The van der Waals surface area contributed by atoms with Crippen molar-refractivity contribution in [2.24, 2.45) is 11.3 Å². The summed E-state index contributed by atoms with van der Waals surface area (Å²) in [5, 5.41) is 3.09. The Kier molecular flexibility index (Phi) is 9.97. The zero-order valence-electron chi connectivity index (χ0n) is 25.6. The first-order valence-electron chi connectivity index (χ1n) is 15.4. The molecule has 0 aliphatic carbocycles. The van der Waals surface area contributed by atoms with Crippen LogP contribution in [0, 0.1) is 11.3 Å². The van der Waals surface area contributed by atoms with E-state index >= 15 is 0 Å². The fraction of sp³-hybridized carbons (Fsp3) is 0.645. The molecule has 43 heavy (non-hydrogen) atoms. The van der Waals surface area contributed by atoms with Gasteiger partial charge in [-0.3, -0.25) is 19.3 Å². The van der Waals surface area contributed by atoms with E-state index < -0.39 is 0 Å². The van der Waals surface area contributed by atoms with E-state index in [1.807, 2.05) is 9.80 Å². The summed E-state index contributed by atoms with van der Waals surface area (Å²) in [6.45, 7) is 10.7. The molecule has 2 N–H and O–H groups in total. The average molecular weight is 596 g/mol. The molecular weight excluding hydrogens is 550 g/mol. The van der Waals surface area contributed by atoms with Crippen LogP contribution in [0.4, 0.5) is 0 Å². The smallest absolute Gasteiger partial charge is 0.270 e. The number of rotatable bonds is 3. The van der Waals surface area contributed by atoms with E-state index in [9.17, 15) is 14.4 Å². The number of ether oxygens (including phenoxy) is 2. The summed E-state index contributed by atoms with van der Waals surface area (Å²) >= 11 is 0. The Morgan fingerprint density at radius 3 is 2.63 bits per heavy atom. The molecule has 6 bridgehead atoms. The molecule has 234 valence electrons. The second kappa shape index (κ2) is 13.9. The number of imidazole rings is 1. The van der Waals surface area contributed by atoms with Gasteiger partial charge in [0, 0.05) is 63.6 Å². The molecule has 2 fully saturated rings. The maximum atomic E-state index is 13.9. The topological polar surface area (TPSA) is 133 Å². The van der Waals surface area contributed by atoms with E-state index in [4.69, 9.17) is 9.47 Å². The van der Waals surface area contributed by atoms with Crippen LogP contribution < -0.4 is 10.1 Å². The number of H-pyrrole nitrogens is 1. The molecule has 12 heteroatoms. The molecule has 6 rings (SSSR count). The molecule has 2 atom stereocenters. The first-order valence-corrected chi connectivity index (χ1v) is 15.4. The number of carbonyl (C=O) groups excluding carboxylic acids is 3. The predicted molar refractivity (Wildman–Crippen MR) is 159 cm³/mol. The molecule has 0 radical (unpaired) electrons. The first-order chi connectivity index (χ1) is 20.6. The van der Waals surface area contributed by atoms with Crippen molar-refractivity contribution in [1.29, 1.82) is 0 Å². The lowest BCUT2D eigenvalue weighted by Gasteiger charge is -2.37. The number of likely N-dealkylation sites (tertiary alicyclic amines) is 1. The van der Waals surface area contributed by atoms with Gasteiger partial charge in [-0.2, -0.15) is 0 Å². The number of aromatic amines is 1. The molecule has 12 nitrogen and oxygen atoms in total. The van der Waals surface area contributed by atoms with Crippen LogP contribution in [-0.2, 0) is 20.9 Å². The number of hydrogen-bond donors (Lipinski definition) is 2. The molecule has 0 aromatic carbocycles. The van der Waals surface area contributed by atoms with Crippen LogP contribution in [0.3, 0.4) is 0 Å². The summed E-state index contributed by atoms with van der Waals surface area (Å²) in [7, 11) is 0. The van der Waals surface area contributed by atoms with Gasteiger partial charge in [-0.15, -0.1) is 0 Å². The molecule has 4 aliphatic heterocycles. The van der Waals surface area contributed by atoms with Gasteiger partial charge in [-0.05, 0) is 36.7 Å². The zero-order chi connectivity index (χ0) is 30.4. The van der Waals surface area contributed by atoms with E-state index in [1.54, 1.807) is 30.6 Å². The third-order valence-corrected chi connectivity index (χ3v) is 8.31. The maximum Gasteiger partial charge on any atom is 0.270 e. The summed E-state index contributed by atoms with van der Waals surface area (Å²) in [5.41, 5.74) is 0.147. The summed E-state index contributed by atoms with van der Waals surface area (Å²) in [6, 6.07) is 4.51. The Morgan fingerprint density at radius 1 is 1.07 bits per heavy atom. The van der Waals surface area contributed by atoms with Gasteiger partial charge in [0.15, 0.2) is 0 Å². The van der Waals surface area contributed by atoms with Crippen LogP contribution in [0.2, 0.25) is 0 Å². The minimum Gasteiger partial charge on any atom is -0.475 e. The van der Waals surface area contributed by atoms with E-state index in [-0.39, 0.29) is 47.5 Å². The zero-order valence-corrected chi connectivity index (χ0v) is 25.6. The summed E-state index contributed by atoms with van der Waals surface area (Å²) < 4.78 is 11.6. The number of fused-ring (bicyclic) bond motifs is 10. The van der Waals surface area contributed by atoms with Crippen LogP contribution >= 0.6 is 0 Å². The van der Waals surface area contributed by atoms with Crippen LogP contribution in [0.5, 0.6) is 5.88 Å². The largest absolute Gasteiger partial charge is 0.475 e. The molecule has 2 aromatic rings. The third-order valence-electron chi connectivity index (χ3n) is 8.31. The van der Waals surface area contributed by atoms with Gasteiger partial charge in [-0.25, -0.2) is 9.97 Å². The number of hydrogen-bond acceptors (Lipinski definition) is 8. The van der Waals surface area contributed by atoms with E-state index in [0.717, 1.165) is 18.7 Å². The Bertz CT molecular complexity index is 1240. The first kappa shape index (κ1) is 30.9. The van der Waals surface area contributed by atoms with E-state index in [1.165, 1.54) is 0 Å². The van der Waals surface area contributed by atoms with Crippen molar-refractivity contribution in [2.75, 3.05) is 52.5 Å². The normalized spacial score (nSPS) is 24.8. The number of aromatic nitrogens is 3. The number of pyridine rings is 1. The second-order valence-corrected chi connectivity index (χ2v) is 13.1. The van der Waals surface area contributed by atoms with Gasteiger partial charge in [0.2, 0.25) is 17.7 Å². The Labute approximate surface area is 253 Å². The summed E-state index contributed by atoms with van der Waals surface area (Å²) in [4.78, 5) is 58.2. The average Bonchev–Trinajstić information content (AvgIpc) is 3.63. The van der Waals surface area contributed by atoms with Crippen molar-refractivity contribution in [3.8, 4) is 5.88 Å². The molecule has 0 saturated carbocycles. The van der Waals surface area contributed by atoms with Gasteiger partial charge in [-0.1, -0.05) is 26.8 Å². The third kappa shape index (κ3) is 8.54. The lowest BCUT2D eigenvalue weighted by Crippen LogP contribution is -2.49. The molecule has 3 amide bonds. The lowest BCUT2D eigenvalue weighted by molar-refractivity contribution is -0.139. The SMILES string of the molecule is CC(C)(C)CC(=O)N1CCOCCOc2cccc(n2)C(=O)N[C@@H]2C[C@@H](C(=O)N3CCC(CC3)C1)N(Cc1ncc[nH]1)C2. The van der Waals surface area contributed by atoms with Crippen molar-refractivity contribution in [3.05, 3.63) is 42.1 Å². The van der Waals surface area contributed by atoms with Crippen molar-refractivity contribution in [1.82, 2.24) is 35.0 Å². The highest BCUT2D eigenvalue weighted by atomic mass is 16.5. The monoisotopic (exact) mass is 595 g/mol. The minimum absolute atomic E-state index is 0.0789. The minimum atomic E-state index is -0.370. The van der Waals surface area contributed by atoms with E-state index in [0.29, 0.717) is 77.1 Å². The Morgan fingerprint density at radius 2 is 1.88 bits per heavy atom. The van der Waals surface area contributed by atoms with Crippen molar-refractivity contribution >= 4 is 17.7 Å². The standard InChI is InChI=1S/C31H45N7O5/c1-31(2,3)18-28(39)37-13-14-42-15-16-43-27-6-4-5-24(35-27)29(40)34-23-17-25(38(20-23)21-26-32-9-10-33-26)30(41)36-11-7-22(19-37)8-12-36/h4-6,9-10,22-23,25H,7-8,11-21H2,1-3H3,(H,32,33)(H,34,40)/t23-,25+/m1/s1. The van der Waals surface area contributed by atoms with Gasteiger partial charge in [0.25, 0.3) is 5.91 Å². The van der Waals surface area contributed by atoms with Crippen LogP contribution in [0.15, 0.2) is 30.6 Å². The van der Waals surface area contributed by atoms with Crippen LogP contribution in [0.25, 0.3) is 0 Å². The fourth-order valence-electron chi connectivity index (χ4n) is 6.12. The summed E-state index contributed by atoms with van der Waals surface area (Å²) in [5.74, 6) is 1.35.